The van der Waals surface area contributed by atoms with Gasteiger partial charge in [0.05, 0.1) is 4.75 Å². The van der Waals surface area contributed by atoms with Crippen molar-refractivity contribution in [1.82, 2.24) is 0 Å². The van der Waals surface area contributed by atoms with Gasteiger partial charge in [-0.05, 0) is 13.8 Å². The maximum atomic E-state index is 10.4. The van der Waals surface area contributed by atoms with Crippen LogP contribution in [0.15, 0.2) is 11.6 Å². The number of thioether (sulfide) groups is 1. The Morgan fingerprint density at radius 3 is 2.78 bits per heavy atom. The Hall–Kier alpha value is -0.240. The van der Waals surface area contributed by atoms with Gasteiger partial charge in [-0.15, -0.1) is 11.8 Å². The van der Waals surface area contributed by atoms with Gasteiger partial charge >= 0.3 is 0 Å². The summed E-state index contributed by atoms with van der Waals surface area (Å²) < 4.78 is -0.218. The molecule has 9 heavy (non-hydrogen) atoms. The van der Waals surface area contributed by atoms with E-state index in [0.717, 1.165) is 12.0 Å². The predicted molar refractivity (Wildman–Crippen MR) is 40.7 cm³/mol. The van der Waals surface area contributed by atoms with Crippen molar-refractivity contribution in [3.63, 3.8) is 0 Å². The fourth-order valence-corrected chi connectivity index (χ4v) is 1.88. The first kappa shape index (κ1) is 6.87. The average Bonchev–Trinajstić information content (AvgIpc) is 2.13. The molecular formula is C7H10OS. The first-order valence-electron chi connectivity index (χ1n) is 2.95. The van der Waals surface area contributed by atoms with Crippen LogP contribution in [0.25, 0.3) is 0 Å². The predicted octanol–water partition coefficient (Wildman–Crippen LogP) is 1.64. The molecule has 0 amide bonds. The molecule has 2 heteroatoms. The molecule has 1 nitrogen and oxygen atoms in total. The lowest BCUT2D eigenvalue weighted by atomic mass is 10.1. The zero-order valence-electron chi connectivity index (χ0n) is 5.68. The summed E-state index contributed by atoms with van der Waals surface area (Å²) in [5.74, 6) is 1.01. The van der Waals surface area contributed by atoms with Gasteiger partial charge in [-0.1, -0.05) is 11.6 Å². The number of hydrogen-bond acceptors (Lipinski definition) is 2. The standard InChI is InChI=1S/C7H10OS/c1-6-3-7(2,5-8)9-4-6/h3,5H,4H2,1-2H3. The second-order valence-corrected chi connectivity index (χ2v) is 4.04. The number of hydrogen-bond donors (Lipinski definition) is 0. The van der Waals surface area contributed by atoms with Crippen molar-refractivity contribution in [3.05, 3.63) is 11.6 Å². The van der Waals surface area contributed by atoms with E-state index in [1.165, 1.54) is 5.57 Å². The molecule has 0 fully saturated rings. The van der Waals surface area contributed by atoms with Crippen LogP contribution >= 0.6 is 11.8 Å². The molecule has 0 spiro atoms. The zero-order valence-corrected chi connectivity index (χ0v) is 6.49. The first-order valence-corrected chi connectivity index (χ1v) is 3.93. The third-order valence-electron chi connectivity index (χ3n) is 1.38. The van der Waals surface area contributed by atoms with Gasteiger partial charge in [-0.3, -0.25) is 0 Å². The van der Waals surface area contributed by atoms with Crippen molar-refractivity contribution in [2.45, 2.75) is 18.6 Å². The van der Waals surface area contributed by atoms with Crippen molar-refractivity contribution in [2.24, 2.45) is 0 Å². The smallest absolute Gasteiger partial charge is 0.139 e. The third kappa shape index (κ3) is 1.36. The van der Waals surface area contributed by atoms with Crippen LogP contribution in [0, 0.1) is 0 Å². The molecule has 1 rings (SSSR count). The molecule has 1 unspecified atom stereocenters. The Balaban J connectivity index is 2.75. The van der Waals surface area contributed by atoms with E-state index in [9.17, 15) is 4.79 Å². The van der Waals surface area contributed by atoms with Gasteiger partial charge in [0, 0.05) is 5.75 Å². The van der Waals surface area contributed by atoms with Gasteiger partial charge in [-0.2, -0.15) is 0 Å². The Kier molecular flexibility index (Phi) is 1.66. The monoisotopic (exact) mass is 142 g/mol. The van der Waals surface area contributed by atoms with Crippen LogP contribution in [-0.4, -0.2) is 16.8 Å². The molecule has 0 aromatic heterocycles. The van der Waals surface area contributed by atoms with Crippen LogP contribution in [0.1, 0.15) is 13.8 Å². The Morgan fingerprint density at radius 2 is 2.56 bits per heavy atom. The molecule has 1 heterocycles. The Morgan fingerprint density at radius 1 is 1.89 bits per heavy atom. The quantitative estimate of drug-likeness (QED) is 0.409. The van der Waals surface area contributed by atoms with Gasteiger partial charge < -0.3 is 4.79 Å². The molecule has 50 valence electrons. The van der Waals surface area contributed by atoms with Crippen molar-refractivity contribution in [2.75, 3.05) is 5.75 Å². The first-order chi connectivity index (χ1) is 4.16. The summed E-state index contributed by atoms with van der Waals surface area (Å²) in [6.07, 6.45) is 3.04. The molecule has 1 aliphatic heterocycles. The average molecular weight is 142 g/mol. The molecule has 0 saturated carbocycles. The van der Waals surface area contributed by atoms with E-state index in [1.54, 1.807) is 11.8 Å². The molecule has 0 aliphatic carbocycles. The Bertz CT molecular complexity index is 162. The van der Waals surface area contributed by atoms with Crippen molar-refractivity contribution < 1.29 is 4.79 Å². The molecule has 0 N–H and O–H groups in total. The summed E-state index contributed by atoms with van der Waals surface area (Å²) in [7, 11) is 0. The summed E-state index contributed by atoms with van der Waals surface area (Å²) in [6.45, 7) is 4.00. The third-order valence-corrected chi connectivity index (χ3v) is 2.81. The highest BCUT2D eigenvalue weighted by Crippen LogP contribution is 2.33. The summed E-state index contributed by atoms with van der Waals surface area (Å²) in [5.41, 5.74) is 1.31. The lowest BCUT2D eigenvalue weighted by Gasteiger charge is -2.09. The molecule has 0 saturated heterocycles. The van der Waals surface area contributed by atoms with Gasteiger partial charge in [0.25, 0.3) is 0 Å². The van der Waals surface area contributed by atoms with E-state index in [-0.39, 0.29) is 4.75 Å². The highest BCUT2D eigenvalue weighted by atomic mass is 32.2. The second kappa shape index (κ2) is 2.18. The van der Waals surface area contributed by atoms with Gasteiger partial charge in [-0.25, -0.2) is 0 Å². The molecule has 0 radical (unpaired) electrons. The lowest BCUT2D eigenvalue weighted by Crippen LogP contribution is -2.14. The number of rotatable bonds is 1. The van der Waals surface area contributed by atoms with Gasteiger partial charge in [0.15, 0.2) is 0 Å². The molecule has 1 atom stereocenters. The van der Waals surface area contributed by atoms with Gasteiger partial charge in [0.2, 0.25) is 0 Å². The van der Waals surface area contributed by atoms with E-state index in [1.807, 2.05) is 13.0 Å². The highest BCUT2D eigenvalue weighted by molar-refractivity contribution is 8.01. The van der Waals surface area contributed by atoms with Gasteiger partial charge in [0.1, 0.15) is 6.29 Å². The van der Waals surface area contributed by atoms with Crippen LogP contribution in [-0.2, 0) is 4.79 Å². The van der Waals surface area contributed by atoms with E-state index in [4.69, 9.17) is 0 Å². The molecule has 0 aromatic carbocycles. The Labute approximate surface area is 59.5 Å². The fourth-order valence-electron chi connectivity index (χ4n) is 0.910. The van der Waals surface area contributed by atoms with E-state index < -0.39 is 0 Å². The summed E-state index contributed by atoms with van der Waals surface area (Å²) in [6, 6.07) is 0. The SMILES string of the molecule is CC1=CC(C)(C=O)SC1. The van der Waals surface area contributed by atoms with Crippen molar-refractivity contribution in [1.29, 1.82) is 0 Å². The topological polar surface area (TPSA) is 17.1 Å². The van der Waals surface area contributed by atoms with Crippen LogP contribution in [0.4, 0.5) is 0 Å². The number of carbonyl (C=O) groups is 1. The maximum absolute atomic E-state index is 10.4. The van der Waals surface area contributed by atoms with Crippen LogP contribution in [0.5, 0.6) is 0 Å². The largest absolute Gasteiger partial charge is 0.301 e. The van der Waals surface area contributed by atoms with Crippen molar-refractivity contribution in [3.8, 4) is 0 Å². The summed E-state index contributed by atoms with van der Waals surface area (Å²) in [4.78, 5) is 10.4. The van der Waals surface area contributed by atoms with Crippen molar-refractivity contribution >= 4 is 18.0 Å². The van der Waals surface area contributed by atoms with E-state index >= 15 is 0 Å². The maximum Gasteiger partial charge on any atom is 0.139 e. The minimum atomic E-state index is -0.218. The molecule has 1 aliphatic rings. The molecular weight excluding hydrogens is 132 g/mol. The zero-order chi connectivity index (χ0) is 6.91. The second-order valence-electron chi connectivity index (χ2n) is 2.58. The van der Waals surface area contributed by atoms with Crippen LogP contribution in [0.2, 0.25) is 0 Å². The minimum absolute atomic E-state index is 0.218. The van der Waals surface area contributed by atoms with E-state index in [0.29, 0.717) is 0 Å². The fraction of sp³-hybridized carbons (Fsp3) is 0.571. The number of aldehydes is 1. The summed E-state index contributed by atoms with van der Waals surface area (Å²) in [5, 5.41) is 0. The normalized spacial score (nSPS) is 34.2. The highest BCUT2D eigenvalue weighted by Gasteiger charge is 2.25. The van der Waals surface area contributed by atoms with Crippen LogP contribution < -0.4 is 0 Å². The lowest BCUT2D eigenvalue weighted by molar-refractivity contribution is -0.108. The minimum Gasteiger partial charge on any atom is -0.301 e. The molecule has 0 bridgehead atoms. The van der Waals surface area contributed by atoms with E-state index in [2.05, 4.69) is 6.92 Å². The van der Waals surface area contributed by atoms with Crippen LogP contribution in [0.3, 0.4) is 0 Å². The summed E-state index contributed by atoms with van der Waals surface area (Å²) >= 11 is 1.69. The molecule has 0 aromatic rings. The number of carbonyl (C=O) groups excluding carboxylic acids is 1.